The van der Waals surface area contributed by atoms with Gasteiger partial charge in [-0.15, -0.1) is 11.3 Å². The quantitative estimate of drug-likeness (QED) is 0.858. The van der Waals surface area contributed by atoms with Crippen LogP contribution in [0.1, 0.15) is 51.3 Å². The second-order valence-electron chi connectivity index (χ2n) is 6.68. The molecule has 2 nitrogen and oxygen atoms in total. The molecule has 0 spiro atoms. The van der Waals surface area contributed by atoms with Gasteiger partial charge in [-0.1, -0.05) is 25.4 Å². The predicted molar refractivity (Wildman–Crippen MR) is 87.6 cm³/mol. The minimum atomic E-state index is -0.152. The van der Waals surface area contributed by atoms with Crippen LogP contribution in [0.2, 0.25) is 4.34 Å². The average molecular weight is 316 g/mol. The summed E-state index contributed by atoms with van der Waals surface area (Å²) >= 11 is 7.64. The monoisotopic (exact) mass is 315 g/mol. The molecule has 1 heterocycles. The number of ether oxygens (including phenoxy) is 1. The SMILES string of the molecule is CCOC1(C(N)Cc2ccc(Cl)s2)CCC(C)(C)CC1. The lowest BCUT2D eigenvalue weighted by molar-refractivity contribution is -0.0986. The summed E-state index contributed by atoms with van der Waals surface area (Å²) in [5.74, 6) is 0. The highest BCUT2D eigenvalue weighted by Crippen LogP contribution is 2.44. The third-order valence-electron chi connectivity index (χ3n) is 4.61. The Balaban J connectivity index is 2.07. The maximum Gasteiger partial charge on any atom is 0.0931 e. The molecule has 0 aromatic carbocycles. The smallest absolute Gasteiger partial charge is 0.0931 e. The van der Waals surface area contributed by atoms with Crippen LogP contribution in [0.3, 0.4) is 0 Å². The van der Waals surface area contributed by atoms with Crippen molar-refractivity contribution in [1.82, 2.24) is 0 Å². The molecule has 0 aliphatic heterocycles. The summed E-state index contributed by atoms with van der Waals surface area (Å²) in [6.07, 6.45) is 5.36. The summed E-state index contributed by atoms with van der Waals surface area (Å²) in [5, 5.41) is 0. The summed E-state index contributed by atoms with van der Waals surface area (Å²) in [4.78, 5) is 1.26. The van der Waals surface area contributed by atoms with Crippen molar-refractivity contribution in [2.24, 2.45) is 11.1 Å². The standard InChI is InChI=1S/C16H26ClNOS/c1-4-19-16(9-7-15(2,3)8-10-16)13(18)11-12-5-6-14(17)20-12/h5-6,13H,4,7-11,18H2,1-3H3. The Kier molecular flexibility index (Phi) is 5.17. The van der Waals surface area contributed by atoms with Crippen LogP contribution < -0.4 is 5.73 Å². The number of nitrogens with two attached hydrogens (primary N) is 1. The second-order valence-corrected chi connectivity index (χ2v) is 8.48. The Labute approximate surface area is 131 Å². The molecule has 1 unspecified atom stereocenters. The van der Waals surface area contributed by atoms with Crippen LogP contribution in [0.15, 0.2) is 12.1 Å². The van der Waals surface area contributed by atoms with E-state index < -0.39 is 0 Å². The summed E-state index contributed by atoms with van der Waals surface area (Å²) in [5.41, 5.74) is 6.81. The number of hydrogen-bond acceptors (Lipinski definition) is 3. The van der Waals surface area contributed by atoms with Crippen LogP contribution in [0.5, 0.6) is 0 Å². The maximum absolute atomic E-state index is 6.54. The van der Waals surface area contributed by atoms with E-state index in [0.717, 1.165) is 30.2 Å². The highest BCUT2D eigenvalue weighted by atomic mass is 35.5. The average Bonchev–Trinajstić information content (AvgIpc) is 2.78. The molecule has 1 aliphatic carbocycles. The zero-order valence-electron chi connectivity index (χ0n) is 12.7. The highest BCUT2D eigenvalue weighted by Gasteiger charge is 2.43. The van der Waals surface area contributed by atoms with Crippen molar-refractivity contribution >= 4 is 22.9 Å². The zero-order valence-corrected chi connectivity index (χ0v) is 14.3. The summed E-state index contributed by atoms with van der Waals surface area (Å²) in [7, 11) is 0. The Morgan fingerprint density at radius 2 is 1.95 bits per heavy atom. The fraction of sp³-hybridized carbons (Fsp3) is 0.750. The number of thiophene rings is 1. The normalized spacial score (nSPS) is 22.6. The molecule has 114 valence electrons. The third-order valence-corrected chi connectivity index (χ3v) is 5.86. The van der Waals surface area contributed by atoms with Crippen LogP contribution >= 0.6 is 22.9 Å². The van der Waals surface area contributed by atoms with Gasteiger partial charge in [0.05, 0.1) is 9.94 Å². The molecule has 0 radical (unpaired) electrons. The maximum atomic E-state index is 6.54. The van der Waals surface area contributed by atoms with E-state index in [2.05, 4.69) is 26.8 Å². The van der Waals surface area contributed by atoms with E-state index in [1.165, 1.54) is 17.7 Å². The fourth-order valence-electron chi connectivity index (χ4n) is 3.12. The van der Waals surface area contributed by atoms with Crippen LogP contribution in [0.4, 0.5) is 0 Å². The molecule has 1 aromatic heterocycles. The van der Waals surface area contributed by atoms with Crippen molar-refractivity contribution in [2.45, 2.75) is 64.5 Å². The van der Waals surface area contributed by atoms with Crippen molar-refractivity contribution in [1.29, 1.82) is 0 Å². The van der Waals surface area contributed by atoms with Gasteiger partial charge in [-0.25, -0.2) is 0 Å². The van der Waals surface area contributed by atoms with Gasteiger partial charge < -0.3 is 10.5 Å². The van der Waals surface area contributed by atoms with Gasteiger partial charge in [0.25, 0.3) is 0 Å². The molecular formula is C16H26ClNOS. The van der Waals surface area contributed by atoms with Crippen LogP contribution in [-0.4, -0.2) is 18.2 Å². The van der Waals surface area contributed by atoms with E-state index >= 15 is 0 Å². The van der Waals surface area contributed by atoms with Gasteiger partial charge in [0, 0.05) is 17.5 Å². The highest BCUT2D eigenvalue weighted by molar-refractivity contribution is 7.16. The Morgan fingerprint density at radius 1 is 1.30 bits per heavy atom. The summed E-state index contributed by atoms with van der Waals surface area (Å²) < 4.78 is 6.99. The summed E-state index contributed by atoms with van der Waals surface area (Å²) in [6, 6.07) is 4.08. The van der Waals surface area contributed by atoms with Gasteiger partial charge in [-0.2, -0.15) is 0 Å². The first kappa shape index (κ1) is 16.3. The van der Waals surface area contributed by atoms with Crippen molar-refractivity contribution in [3.8, 4) is 0 Å². The molecule has 1 fully saturated rings. The van der Waals surface area contributed by atoms with Crippen molar-refractivity contribution < 1.29 is 4.74 Å². The largest absolute Gasteiger partial charge is 0.374 e. The van der Waals surface area contributed by atoms with Gasteiger partial charge in [-0.3, -0.25) is 0 Å². The topological polar surface area (TPSA) is 35.2 Å². The molecule has 2 N–H and O–H groups in total. The molecule has 0 saturated heterocycles. The molecule has 1 atom stereocenters. The lowest BCUT2D eigenvalue weighted by Crippen LogP contribution is -2.54. The van der Waals surface area contributed by atoms with Gasteiger partial charge in [0.1, 0.15) is 0 Å². The van der Waals surface area contributed by atoms with Crippen LogP contribution in [0.25, 0.3) is 0 Å². The first-order chi connectivity index (χ1) is 9.37. The van der Waals surface area contributed by atoms with E-state index in [1.54, 1.807) is 11.3 Å². The van der Waals surface area contributed by atoms with Crippen molar-refractivity contribution in [3.63, 3.8) is 0 Å². The predicted octanol–water partition coefficient (Wildman–Crippen LogP) is 4.65. The molecule has 1 aromatic rings. The molecular weight excluding hydrogens is 290 g/mol. The van der Waals surface area contributed by atoms with Gasteiger partial charge in [0.2, 0.25) is 0 Å². The third kappa shape index (κ3) is 3.76. The minimum absolute atomic E-state index is 0.0493. The first-order valence-corrected chi connectivity index (χ1v) is 8.70. The Hall–Kier alpha value is -0.0900. The molecule has 20 heavy (non-hydrogen) atoms. The summed E-state index contributed by atoms with van der Waals surface area (Å²) in [6.45, 7) is 7.48. The van der Waals surface area contributed by atoms with Crippen LogP contribution in [0, 0.1) is 5.41 Å². The number of halogens is 1. The molecule has 0 amide bonds. The zero-order chi connectivity index (χ0) is 14.8. The molecule has 2 rings (SSSR count). The van der Waals surface area contributed by atoms with Crippen molar-refractivity contribution in [3.05, 3.63) is 21.3 Å². The van der Waals surface area contributed by atoms with E-state index in [9.17, 15) is 0 Å². The van der Waals surface area contributed by atoms with E-state index in [4.69, 9.17) is 22.1 Å². The van der Waals surface area contributed by atoms with Crippen molar-refractivity contribution in [2.75, 3.05) is 6.61 Å². The van der Waals surface area contributed by atoms with E-state index in [-0.39, 0.29) is 11.6 Å². The van der Waals surface area contributed by atoms with Crippen LogP contribution in [-0.2, 0) is 11.2 Å². The minimum Gasteiger partial charge on any atom is -0.374 e. The molecule has 1 aliphatic rings. The molecule has 4 heteroatoms. The number of hydrogen-bond donors (Lipinski definition) is 1. The fourth-order valence-corrected chi connectivity index (χ4v) is 4.27. The second kappa shape index (κ2) is 6.35. The van der Waals surface area contributed by atoms with Gasteiger partial charge in [-0.05, 0) is 56.6 Å². The van der Waals surface area contributed by atoms with E-state index in [0.29, 0.717) is 5.41 Å². The first-order valence-electron chi connectivity index (χ1n) is 7.51. The lowest BCUT2D eigenvalue weighted by atomic mass is 9.68. The van der Waals surface area contributed by atoms with Gasteiger partial charge in [0.15, 0.2) is 0 Å². The van der Waals surface area contributed by atoms with E-state index in [1.807, 2.05) is 6.07 Å². The Morgan fingerprint density at radius 3 is 2.45 bits per heavy atom. The Bertz CT molecular complexity index is 433. The van der Waals surface area contributed by atoms with Gasteiger partial charge >= 0.3 is 0 Å². The number of rotatable bonds is 5. The lowest BCUT2D eigenvalue weighted by Gasteiger charge is -2.46. The molecule has 0 bridgehead atoms. The molecule has 1 saturated carbocycles.